The summed E-state index contributed by atoms with van der Waals surface area (Å²) in [5.41, 5.74) is 1.99. The minimum atomic E-state index is -0.853. The van der Waals surface area contributed by atoms with Gasteiger partial charge < -0.3 is 15.2 Å². The van der Waals surface area contributed by atoms with Crippen LogP contribution in [0.1, 0.15) is 50.2 Å². The SMILES string of the molecule is COC(=O)C1(Nc2cccc(Cl)c2)CCC2(CC1)c1cc(F)ccc1C[C@H]2C[C@@H](C)CO. The number of ether oxygens (including phenoxy) is 1. The highest BCUT2D eigenvalue weighted by Crippen LogP contribution is 2.56. The summed E-state index contributed by atoms with van der Waals surface area (Å²) in [6.07, 6.45) is 4.40. The number of carbonyl (C=O) groups is 1. The third-order valence-electron chi connectivity index (χ3n) is 7.63. The molecular weight excluding hydrogens is 429 g/mol. The predicted molar refractivity (Wildman–Crippen MR) is 124 cm³/mol. The van der Waals surface area contributed by atoms with Gasteiger partial charge in [0.2, 0.25) is 0 Å². The lowest BCUT2D eigenvalue weighted by molar-refractivity contribution is -0.148. The molecule has 0 radical (unpaired) electrons. The number of anilines is 1. The number of aliphatic hydroxyl groups excluding tert-OH is 1. The van der Waals surface area contributed by atoms with Gasteiger partial charge >= 0.3 is 5.97 Å². The Hall–Kier alpha value is -2.11. The third kappa shape index (κ3) is 4.13. The number of nitrogens with one attached hydrogen (secondary N) is 1. The van der Waals surface area contributed by atoms with Gasteiger partial charge in [-0.2, -0.15) is 0 Å². The Morgan fingerprint density at radius 1 is 1.25 bits per heavy atom. The van der Waals surface area contributed by atoms with Crippen molar-refractivity contribution in [1.29, 1.82) is 0 Å². The Labute approximate surface area is 194 Å². The van der Waals surface area contributed by atoms with E-state index in [1.165, 1.54) is 18.7 Å². The summed E-state index contributed by atoms with van der Waals surface area (Å²) in [5, 5.41) is 13.7. The lowest BCUT2D eigenvalue weighted by atomic mass is 9.59. The molecule has 1 spiro atoms. The largest absolute Gasteiger partial charge is 0.467 e. The van der Waals surface area contributed by atoms with Crippen molar-refractivity contribution in [2.75, 3.05) is 19.0 Å². The standard InChI is InChI=1S/C26H31ClFNO3/c1-17(16-30)12-19-13-18-6-7-21(28)15-23(18)25(19)8-10-26(11-9-25,24(31)32-2)29-22-5-3-4-20(27)14-22/h3-7,14-15,17,19,29-30H,8-13,16H2,1-2H3/t17-,19-,25?,26?/m1/s1. The maximum atomic E-state index is 14.3. The molecule has 2 aromatic carbocycles. The second-order valence-corrected chi connectivity index (χ2v) is 10.0. The molecule has 4 rings (SSSR count). The van der Waals surface area contributed by atoms with E-state index in [0.717, 1.165) is 36.9 Å². The first-order valence-corrected chi connectivity index (χ1v) is 11.7. The second kappa shape index (κ2) is 9.03. The highest BCUT2D eigenvalue weighted by Gasteiger charge is 2.54. The van der Waals surface area contributed by atoms with Crippen LogP contribution in [-0.2, 0) is 21.4 Å². The summed E-state index contributed by atoms with van der Waals surface area (Å²) in [7, 11) is 1.42. The average molecular weight is 460 g/mol. The molecule has 0 saturated heterocycles. The summed E-state index contributed by atoms with van der Waals surface area (Å²) >= 11 is 6.16. The van der Waals surface area contributed by atoms with Crippen molar-refractivity contribution in [3.05, 3.63) is 64.4 Å². The fraction of sp³-hybridized carbons (Fsp3) is 0.500. The van der Waals surface area contributed by atoms with Crippen LogP contribution >= 0.6 is 11.6 Å². The minimum absolute atomic E-state index is 0.139. The van der Waals surface area contributed by atoms with Crippen LogP contribution in [0.25, 0.3) is 0 Å². The molecule has 2 aromatic rings. The number of methoxy groups -OCH3 is 1. The van der Waals surface area contributed by atoms with Crippen LogP contribution in [0.5, 0.6) is 0 Å². The van der Waals surface area contributed by atoms with Gasteiger partial charge in [0.15, 0.2) is 0 Å². The zero-order valence-electron chi connectivity index (χ0n) is 18.7. The van der Waals surface area contributed by atoms with E-state index in [0.29, 0.717) is 23.8 Å². The van der Waals surface area contributed by atoms with Gasteiger partial charge in [-0.3, -0.25) is 0 Å². The summed E-state index contributed by atoms with van der Waals surface area (Å²) in [4.78, 5) is 13.0. The summed E-state index contributed by atoms with van der Waals surface area (Å²) < 4.78 is 19.5. The first kappa shape index (κ1) is 23.1. The molecule has 0 aromatic heterocycles. The summed E-state index contributed by atoms with van der Waals surface area (Å²) in [5.74, 6) is -0.0259. The second-order valence-electron chi connectivity index (χ2n) is 9.59. The van der Waals surface area contributed by atoms with E-state index in [2.05, 4.69) is 12.2 Å². The molecule has 172 valence electrons. The van der Waals surface area contributed by atoms with Crippen LogP contribution in [0.2, 0.25) is 5.02 Å². The van der Waals surface area contributed by atoms with Crippen LogP contribution < -0.4 is 5.32 Å². The number of hydrogen-bond acceptors (Lipinski definition) is 4. The van der Waals surface area contributed by atoms with Crippen LogP contribution in [0, 0.1) is 17.7 Å². The van der Waals surface area contributed by atoms with E-state index in [1.807, 2.05) is 24.3 Å². The van der Waals surface area contributed by atoms with E-state index in [4.69, 9.17) is 16.3 Å². The average Bonchev–Trinajstić information content (AvgIpc) is 3.07. The molecule has 1 fully saturated rings. The van der Waals surface area contributed by atoms with Crippen molar-refractivity contribution in [2.45, 2.75) is 56.4 Å². The monoisotopic (exact) mass is 459 g/mol. The highest BCUT2D eigenvalue weighted by atomic mass is 35.5. The van der Waals surface area contributed by atoms with E-state index in [1.54, 1.807) is 12.1 Å². The van der Waals surface area contributed by atoms with Crippen molar-refractivity contribution in [3.8, 4) is 0 Å². The number of halogens is 2. The molecule has 0 aliphatic heterocycles. The summed E-state index contributed by atoms with van der Waals surface area (Å²) in [6.45, 7) is 2.19. The Bertz CT molecular complexity index is 987. The van der Waals surface area contributed by atoms with Crippen molar-refractivity contribution in [1.82, 2.24) is 0 Å². The Morgan fingerprint density at radius 2 is 2.00 bits per heavy atom. The van der Waals surface area contributed by atoms with Crippen LogP contribution in [0.3, 0.4) is 0 Å². The normalized spacial score (nSPS) is 27.7. The Morgan fingerprint density at radius 3 is 2.66 bits per heavy atom. The Balaban J connectivity index is 1.66. The van der Waals surface area contributed by atoms with Gasteiger partial charge in [-0.15, -0.1) is 0 Å². The summed E-state index contributed by atoms with van der Waals surface area (Å²) in [6, 6.07) is 12.5. The fourth-order valence-corrected chi connectivity index (χ4v) is 6.15. The van der Waals surface area contributed by atoms with E-state index < -0.39 is 5.54 Å². The molecule has 4 nitrogen and oxygen atoms in total. The highest BCUT2D eigenvalue weighted by molar-refractivity contribution is 6.30. The lowest BCUT2D eigenvalue weighted by Crippen LogP contribution is -2.53. The van der Waals surface area contributed by atoms with Gasteiger partial charge in [0, 0.05) is 17.3 Å². The molecule has 0 heterocycles. The van der Waals surface area contributed by atoms with Crippen LogP contribution in [0.15, 0.2) is 42.5 Å². The zero-order chi connectivity index (χ0) is 22.9. The number of benzene rings is 2. The number of esters is 1. The number of carbonyl (C=O) groups excluding carboxylic acids is 1. The predicted octanol–water partition coefficient (Wildman–Crippen LogP) is 5.51. The molecule has 0 unspecified atom stereocenters. The van der Waals surface area contributed by atoms with Crippen molar-refractivity contribution >= 4 is 23.3 Å². The third-order valence-corrected chi connectivity index (χ3v) is 7.87. The fourth-order valence-electron chi connectivity index (χ4n) is 5.96. The van der Waals surface area contributed by atoms with Gasteiger partial charge in [0.05, 0.1) is 7.11 Å². The quantitative estimate of drug-likeness (QED) is 0.559. The molecule has 2 aliphatic rings. The molecule has 2 N–H and O–H groups in total. The molecule has 0 amide bonds. The van der Waals surface area contributed by atoms with Crippen molar-refractivity contribution in [2.24, 2.45) is 11.8 Å². The minimum Gasteiger partial charge on any atom is -0.467 e. The van der Waals surface area contributed by atoms with E-state index >= 15 is 0 Å². The Kier molecular flexibility index (Phi) is 6.51. The first-order valence-electron chi connectivity index (χ1n) is 11.3. The van der Waals surface area contributed by atoms with E-state index in [9.17, 15) is 14.3 Å². The van der Waals surface area contributed by atoms with Crippen LogP contribution in [-0.4, -0.2) is 30.3 Å². The molecule has 0 bridgehead atoms. The van der Waals surface area contributed by atoms with Crippen LogP contribution in [0.4, 0.5) is 10.1 Å². The number of fused-ring (bicyclic) bond motifs is 2. The zero-order valence-corrected chi connectivity index (χ0v) is 19.4. The molecule has 32 heavy (non-hydrogen) atoms. The maximum Gasteiger partial charge on any atom is 0.331 e. The van der Waals surface area contributed by atoms with Gasteiger partial charge in [0.1, 0.15) is 11.4 Å². The van der Waals surface area contributed by atoms with Gasteiger partial charge in [-0.1, -0.05) is 30.7 Å². The molecule has 6 heteroatoms. The van der Waals surface area contributed by atoms with Crippen molar-refractivity contribution in [3.63, 3.8) is 0 Å². The number of rotatable bonds is 6. The number of hydrogen-bond donors (Lipinski definition) is 2. The number of aliphatic hydroxyl groups is 1. The molecule has 1 saturated carbocycles. The van der Waals surface area contributed by atoms with Gasteiger partial charge in [-0.25, -0.2) is 9.18 Å². The van der Waals surface area contributed by atoms with E-state index in [-0.39, 0.29) is 29.7 Å². The lowest BCUT2D eigenvalue weighted by Gasteiger charge is -2.47. The molecule has 2 atom stereocenters. The van der Waals surface area contributed by atoms with Gasteiger partial charge in [0.25, 0.3) is 0 Å². The first-order chi connectivity index (χ1) is 15.3. The topological polar surface area (TPSA) is 58.6 Å². The molecule has 2 aliphatic carbocycles. The molecular formula is C26H31ClFNO3. The smallest absolute Gasteiger partial charge is 0.331 e. The van der Waals surface area contributed by atoms with Crippen molar-refractivity contribution < 1.29 is 19.0 Å². The van der Waals surface area contributed by atoms with Gasteiger partial charge in [-0.05, 0) is 97.2 Å². The maximum absolute atomic E-state index is 14.3.